The zero-order valence-electron chi connectivity index (χ0n) is 16.1. The van der Waals surface area contributed by atoms with Gasteiger partial charge in [0.05, 0.1) is 0 Å². The Bertz CT molecular complexity index is 787. The molecule has 0 radical (unpaired) electrons. The van der Waals surface area contributed by atoms with Crippen LogP contribution in [0.25, 0.3) is 11.4 Å². The Morgan fingerprint density at radius 2 is 2.04 bits per heavy atom. The first kappa shape index (κ1) is 20.6. The van der Waals surface area contributed by atoms with Crippen molar-refractivity contribution in [2.24, 2.45) is 5.92 Å². The number of ether oxygens (including phenoxy) is 1. The van der Waals surface area contributed by atoms with Crippen LogP contribution in [0.1, 0.15) is 33.1 Å². The van der Waals surface area contributed by atoms with Crippen LogP contribution < -0.4 is 5.32 Å². The summed E-state index contributed by atoms with van der Waals surface area (Å²) in [6, 6.07) is 6.43. The number of aromatic hydroxyl groups is 1. The number of H-pyrrole nitrogens is 1. The van der Waals surface area contributed by atoms with E-state index >= 15 is 0 Å². The number of phenols is 1. The van der Waals surface area contributed by atoms with E-state index < -0.39 is 15.9 Å². The highest BCUT2D eigenvalue weighted by Gasteiger charge is 2.40. The standard InChI is InChI=1S/C19H26N4O4S/c1-19(2,28(26)12-9-13-7-10-27-11-8-13)17(25)21-18-20-16(22-23-18)14-3-5-15(24)6-4-14/h3-6,13,24H,7-12H2,1-2H3,(H2,20,21,22,23,25). The fourth-order valence-electron chi connectivity index (χ4n) is 2.98. The summed E-state index contributed by atoms with van der Waals surface area (Å²) in [4.78, 5) is 16.9. The molecule has 9 heteroatoms. The van der Waals surface area contributed by atoms with Crippen molar-refractivity contribution in [3.8, 4) is 17.1 Å². The first-order valence-electron chi connectivity index (χ1n) is 9.36. The van der Waals surface area contributed by atoms with Crippen LogP contribution in [0.4, 0.5) is 5.95 Å². The van der Waals surface area contributed by atoms with Gasteiger partial charge in [-0.05, 0) is 74.5 Å². The molecule has 1 aromatic heterocycles. The number of rotatable bonds is 7. The maximum atomic E-state index is 12.7. The van der Waals surface area contributed by atoms with Gasteiger partial charge >= 0.3 is 0 Å². The Hall–Kier alpha value is -2.10. The third-order valence-electron chi connectivity index (χ3n) is 5.01. The maximum absolute atomic E-state index is 12.7. The highest BCUT2D eigenvalue weighted by molar-refractivity contribution is 7.93. The number of amides is 1. The summed E-state index contributed by atoms with van der Waals surface area (Å²) in [5.74, 6) is 1.37. The Balaban J connectivity index is 1.57. The number of nitrogens with zero attached hydrogens (tertiary/aromatic N) is 2. The van der Waals surface area contributed by atoms with Gasteiger partial charge in [0.2, 0.25) is 5.95 Å². The van der Waals surface area contributed by atoms with Gasteiger partial charge < -0.3 is 14.4 Å². The van der Waals surface area contributed by atoms with E-state index in [4.69, 9.17) is 4.74 Å². The summed E-state index contributed by atoms with van der Waals surface area (Å²) in [6.45, 7) is 4.88. The first-order chi connectivity index (χ1) is 13.4. The Morgan fingerprint density at radius 3 is 2.71 bits per heavy atom. The predicted molar refractivity (Wildman–Crippen MR) is 107 cm³/mol. The van der Waals surface area contributed by atoms with E-state index in [1.165, 1.54) is 12.1 Å². The van der Waals surface area contributed by atoms with Gasteiger partial charge in [0.15, 0.2) is 10.6 Å². The number of phenolic OH excluding ortho intramolecular Hbond substituents is 1. The van der Waals surface area contributed by atoms with Crippen molar-refractivity contribution >= 4 is 23.0 Å². The molecule has 0 spiro atoms. The van der Waals surface area contributed by atoms with E-state index in [9.17, 15) is 14.5 Å². The third kappa shape index (κ3) is 5.03. The molecule has 28 heavy (non-hydrogen) atoms. The molecule has 1 unspecified atom stereocenters. The molecule has 1 aliphatic heterocycles. The summed E-state index contributed by atoms with van der Waals surface area (Å²) in [5.41, 5.74) is 0.703. The quantitative estimate of drug-likeness (QED) is 0.607. The Kier molecular flexibility index (Phi) is 6.58. The second kappa shape index (κ2) is 8.93. The summed E-state index contributed by atoms with van der Waals surface area (Å²) >= 11 is -1.31. The van der Waals surface area contributed by atoms with Gasteiger partial charge in [-0.3, -0.25) is 10.1 Å². The van der Waals surface area contributed by atoms with Crippen molar-refractivity contribution in [3.63, 3.8) is 0 Å². The van der Waals surface area contributed by atoms with Crippen molar-refractivity contribution in [3.05, 3.63) is 24.3 Å². The number of nitrogens with one attached hydrogen (secondary N) is 2. The largest absolute Gasteiger partial charge is 0.616 e. The Morgan fingerprint density at radius 1 is 1.36 bits per heavy atom. The molecule has 1 saturated heterocycles. The van der Waals surface area contributed by atoms with Crippen LogP contribution in [-0.4, -0.2) is 54.5 Å². The van der Waals surface area contributed by atoms with Crippen LogP contribution in [-0.2, 0) is 20.7 Å². The lowest BCUT2D eigenvalue weighted by molar-refractivity contribution is -0.117. The highest BCUT2D eigenvalue weighted by Crippen LogP contribution is 2.25. The average molecular weight is 407 g/mol. The number of hydrogen-bond acceptors (Lipinski definition) is 6. The predicted octanol–water partition coefficient (Wildman–Crippen LogP) is 2.46. The van der Waals surface area contributed by atoms with E-state index in [2.05, 4.69) is 20.5 Å². The van der Waals surface area contributed by atoms with E-state index in [-0.39, 0.29) is 17.6 Å². The van der Waals surface area contributed by atoms with Crippen LogP contribution in [0.3, 0.4) is 0 Å². The monoisotopic (exact) mass is 406 g/mol. The van der Waals surface area contributed by atoms with E-state index in [1.54, 1.807) is 26.0 Å². The lowest BCUT2D eigenvalue weighted by Crippen LogP contribution is -2.46. The molecule has 0 saturated carbocycles. The minimum atomic E-state index is -1.31. The fraction of sp³-hybridized carbons (Fsp3) is 0.526. The van der Waals surface area contributed by atoms with Crippen LogP contribution in [0, 0.1) is 5.92 Å². The first-order valence-corrected chi connectivity index (χ1v) is 10.7. The molecule has 2 heterocycles. The molecule has 8 nitrogen and oxygen atoms in total. The molecule has 0 aliphatic carbocycles. The number of benzene rings is 1. The number of carbonyl (C=O) groups is 1. The van der Waals surface area contributed by atoms with E-state index in [0.29, 0.717) is 23.1 Å². The van der Waals surface area contributed by atoms with Crippen LogP contribution in [0.5, 0.6) is 5.75 Å². The van der Waals surface area contributed by atoms with Gasteiger partial charge in [-0.25, -0.2) is 5.10 Å². The minimum Gasteiger partial charge on any atom is -0.616 e. The zero-order valence-corrected chi connectivity index (χ0v) is 16.9. The van der Waals surface area contributed by atoms with Crippen molar-refractivity contribution in [2.45, 2.75) is 37.9 Å². The van der Waals surface area contributed by atoms with Gasteiger partial charge in [-0.15, -0.1) is 0 Å². The zero-order chi connectivity index (χ0) is 20.1. The van der Waals surface area contributed by atoms with Gasteiger partial charge in [-0.2, -0.15) is 10.1 Å². The lowest BCUT2D eigenvalue weighted by atomic mass is 9.98. The molecule has 1 aliphatic rings. The van der Waals surface area contributed by atoms with E-state index in [0.717, 1.165) is 32.5 Å². The highest BCUT2D eigenvalue weighted by atomic mass is 32.2. The number of carbonyl (C=O) groups excluding carboxylic acids is 1. The number of anilines is 1. The van der Waals surface area contributed by atoms with Crippen molar-refractivity contribution in [1.82, 2.24) is 15.2 Å². The molecule has 2 aromatic rings. The SMILES string of the molecule is CC(C)(C(=O)Nc1nc(-c2ccc(O)cc2)n[nH]1)[S+]([O-])CCC1CCOCC1. The number of aromatic amines is 1. The van der Waals surface area contributed by atoms with Crippen molar-refractivity contribution < 1.29 is 19.2 Å². The molecular weight excluding hydrogens is 380 g/mol. The fourth-order valence-corrected chi connectivity index (χ4v) is 4.30. The summed E-state index contributed by atoms with van der Waals surface area (Å²) < 4.78 is 17.1. The average Bonchev–Trinajstić information content (AvgIpc) is 3.15. The van der Waals surface area contributed by atoms with Gasteiger partial charge in [-0.1, -0.05) is 0 Å². The van der Waals surface area contributed by atoms with Crippen LogP contribution in [0.2, 0.25) is 0 Å². The molecule has 152 valence electrons. The lowest BCUT2D eigenvalue weighted by Gasteiger charge is -2.29. The second-order valence-corrected chi connectivity index (χ2v) is 9.53. The topological polar surface area (TPSA) is 123 Å². The number of aromatic nitrogens is 3. The van der Waals surface area contributed by atoms with Gasteiger partial charge in [0.1, 0.15) is 11.5 Å². The van der Waals surface area contributed by atoms with Crippen LogP contribution >= 0.6 is 0 Å². The molecule has 1 amide bonds. The van der Waals surface area contributed by atoms with Gasteiger partial charge in [0.25, 0.3) is 5.91 Å². The van der Waals surface area contributed by atoms with Crippen molar-refractivity contribution in [1.29, 1.82) is 0 Å². The van der Waals surface area contributed by atoms with Gasteiger partial charge in [0, 0.05) is 18.8 Å². The molecular formula is C19H26N4O4S. The summed E-state index contributed by atoms with van der Waals surface area (Å²) in [5, 5.41) is 18.8. The normalized spacial score (nSPS) is 16.7. The molecule has 1 fully saturated rings. The second-order valence-electron chi connectivity index (χ2n) is 7.41. The molecule has 3 rings (SSSR count). The molecule has 3 N–H and O–H groups in total. The molecule has 1 atom stereocenters. The summed E-state index contributed by atoms with van der Waals surface area (Å²) in [6.07, 6.45) is 2.81. The third-order valence-corrected chi connectivity index (χ3v) is 6.94. The minimum absolute atomic E-state index is 0.151. The molecule has 0 bridgehead atoms. The Labute approximate surface area is 167 Å². The summed E-state index contributed by atoms with van der Waals surface area (Å²) in [7, 11) is 0. The molecule has 1 aromatic carbocycles. The van der Waals surface area contributed by atoms with Crippen LogP contribution in [0.15, 0.2) is 24.3 Å². The maximum Gasteiger partial charge on any atom is 0.282 e. The number of hydrogen-bond donors (Lipinski definition) is 3. The van der Waals surface area contributed by atoms with Crippen molar-refractivity contribution in [2.75, 3.05) is 24.3 Å². The van der Waals surface area contributed by atoms with E-state index in [1.807, 2.05) is 0 Å². The smallest absolute Gasteiger partial charge is 0.282 e.